The van der Waals surface area contributed by atoms with Crippen LogP contribution < -0.4 is 15.2 Å². The highest BCUT2D eigenvalue weighted by atomic mass is 16.5. The standard InChI is InChI=1S/C13H14N2O2/c1-16-12-5-3-4-10(13(12)17-2)11-7-6-9(14)8-15-11/h3-8H,14H2,1-2H3. The number of anilines is 1. The van der Waals surface area contributed by atoms with Gasteiger partial charge in [0.25, 0.3) is 0 Å². The Morgan fingerprint density at radius 2 is 1.88 bits per heavy atom. The largest absolute Gasteiger partial charge is 0.493 e. The van der Waals surface area contributed by atoms with E-state index < -0.39 is 0 Å². The summed E-state index contributed by atoms with van der Waals surface area (Å²) in [7, 11) is 3.22. The number of methoxy groups -OCH3 is 2. The second-order valence-corrected chi connectivity index (χ2v) is 3.52. The third-order valence-electron chi connectivity index (χ3n) is 2.47. The third-order valence-corrected chi connectivity index (χ3v) is 2.47. The summed E-state index contributed by atoms with van der Waals surface area (Å²) in [6.45, 7) is 0. The van der Waals surface area contributed by atoms with E-state index in [0.29, 0.717) is 17.2 Å². The molecule has 0 aliphatic rings. The number of aromatic nitrogens is 1. The van der Waals surface area contributed by atoms with Crippen molar-refractivity contribution < 1.29 is 9.47 Å². The van der Waals surface area contributed by atoms with Gasteiger partial charge >= 0.3 is 0 Å². The van der Waals surface area contributed by atoms with Crippen LogP contribution in [0.25, 0.3) is 11.3 Å². The second-order valence-electron chi connectivity index (χ2n) is 3.52. The normalized spacial score (nSPS) is 10.0. The number of hydrogen-bond acceptors (Lipinski definition) is 4. The van der Waals surface area contributed by atoms with Gasteiger partial charge in [0.15, 0.2) is 11.5 Å². The van der Waals surface area contributed by atoms with Crippen molar-refractivity contribution >= 4 is 5.69 Å². The fraction of sp³-hybridized carbons (Fsp3) is 0.154. The van der Waals surface area contributed by atoms with Crippen LogP contribution in [0, 0.1) is 0 Å². The van der Waals surface area contributed by atoms with Crippen molar-refractivity contribution in [3.8, 4) is 22.8 Å². The molecule has 0 fully saturated rings. The fourth-order valence-electron chi connectivity index (χ4n) is 1.65. The van der Waals surface area contributed by atoms with Crippen LogP contribution in [0.15, 0.2) is 36.5 Å². The van der Waals surface area contributed by atoms with E-state index in [9.17, 15) is 0 Å². The van der Waals surface area contributed by atoms with Gasteiger partial charge in [-0.25, -0.2) is 0 Å². The van der Waals surface area contributed by atoms with Crippen molar-refractivity contribution in [2.75, 3.05) is 20.0 Å². The van der Waals surface area contributed by atoms with Crippen LogP contribution in [0.5, 0.6) is 11.5 Å². The number of hydrogen-bond donors (Lipinski definition) is 1. The summed E-state index contributed by atoms with van der Waals surface area (Å²) in [5.74, 6) is 1.36. The van der Waals surface area contributed by atoms with Crippen molar-refractivity contribution in [1.82, 2.24) is 4.98 Å². The average Bonchev–Trinajstić information content (AvgIpc) is 2.38. The summed E-state index contributed by atoms with van der Waals surface area (Å²) in [6, 6.07) is 9.34. The molecule has 2 N–H and O–H groups in total. The summed E-state index contributed by atoms with van der Waals surface area (Å²) >= 11 is 0. The molecule has 0 aliphatic heterocycles. The van der Waals surface area contributed by atoms with Gasteiger partial charge in [-0.3, -0.25) is 4.98 Å². The third kappa shape index (κ3) is 2.15. The summed E-state index contributed by atoms with van der Waals surface area (Å²) in [4.78, 5) is 4.27. The first-order chi connectivity index (χ1) is 8.26. The van der Waals surface area contributed by atoms with E-state index in [1.165, 1.54) is 0 Å². The van der Waals surface area contributed by atoms with Crippen LogP contribution in [0.2, 0.25) is 0 Å². The molecule has 1 aromatic carbocycles. The summed E-state index contributed by atoms with van der Waals surface area (Å²) in [5.41, 5.74) is 7.93. The van der Waals surface area contributed by atoms with Gasteiger partial charge in [-0.1, -0.05) is 6.07 Å². The Bertz CT molecular complexity index is 509. The van der Waals surface area contributed by atoms with Gasteiger partial charge < -0.3 is 15.2 Å². The molecule has 4 nitrogen and oxygen atoms in total. The minimum atomic E-state index is 0.635. The monoisotopic (exact) mass is 230 g/mol. The first kappa shape index (κ1) is 11.3. The van der Waals surface area contributed by atoms with E-state index in [1.807, 2.05) is 24.3 Å². The minimum absolute atomic E-state index is 0.635. The molecule has 2 rings (SSSR count). The lowest BCUT2D eigenvalue weighted by molar-refractivity contribution is 0.356. The maximum atomic E-state index is 5.61. The molecule has 1 heterocycles. The van der Waals surface area contributed by atoms with Crippen LogP contribution in [0.3, 0.4) is 0 Å². The number of para-hydroxylation sites is 1. The minimum Gasteiger partial charge on any atom is -0.493 e. The molecule has 0 saturated carbocycles. The van der Waals surface area contributed by atoms with Gasteiger partial charge in [-0.05, 0) is 24.3 Å². The predicted molar refractivity (Wildman–Crippen MR) is 67.2 cm³/mol. The zero-order valence-corrected chi connectivity index (χ0v) is 9.81. The Hall–Kier alpha value is -2.23. The van der Waals surface area contributed by atoms with E-state index in [1.54, 1.807) is 26.5 Å². The lowest BCUT2D eigenvalue weighted by atomic mass is 10.1. The van der Waals surface area contributed by atoms with Crippen molar-refractivity contribution in [2.24, 2.45) is 0 Å². The lowest BCUT2D eigenvalue weighted by Crippen LogP contribution is -1.94. The molecule has 4 heteroatoms. The molecule has 0 atom stereocenters. The Morgan fingerprint density at radius 1 is 1.06 bits per heavy atom. The number of pyridine rings is 1. The van der Waals surface area contributed by atoms with Gasteiger partial charge in [-0.2, -0.15) is 0 Å². The van der Waals surface area contributed by atoms with Crippen molar-refractivity contribution in [3.63, 3.8) is 0 Å². The maximum Gasteiger partial charge on any atom is 0.170 e. The molecular formula is C13H14N2O2. The van der Waals surface area contributed by atoms with Crippen molar-refractivity contribution in [1.29, 1.82) is 0 Å². The SMILES string of the molecule is COc1cccc(-c2ccc(N)cn2)c1OC. The van der Waals surface area contributed by atoms with E-state index in [2.05, 4.69) is 4.98 Å². The molecule has 0 spiro atoms. The van der Waals surface area contributed by atoms with E-state index in [-0.39, 0.29) is 0 Å². The smallest absolute Gasteiger partial charge is 0.170 e. The number of nitrogens with two attached hydrogens (primary N) is 1. The van der Waals surface area contributed by atoms with Gasteiger partial charge in [0, 0.05) is 5.56 Å². The molecule has 0 bridgehead atoms. The molecular weight excluding hydrogens is 216 g/mol. The van der Waals surface area contributed by atoms with Crippen LogP contribution in [0.4, 0.5) is 5.69 Å². The number of rotatable bonds is 3. The summed E-state index contributed by atoms with van der Waals surface area (Å²) in [6.07, 6.45) is 1.62. The molecule has 88 valence electrons. The zero-order valence-electron chi connectivity index (χ0n) is 9.81. The number of ether oxygens (including phenoxy) is 2. The van der Waals surface area contributed by atoms with Gasteiger partial charge in [-0.15, -0.1) is 0 Å². The topological polar surface area (TPSA) is 57.4 Å². The predicted octanol–water partition coefficient (Wildman–Crippen LogP) is 2.35. The molecule has 0 amide bonds. The Balaban J connectivity index is 2.54. The number of nitrogens with zero attached hydrogens (tertiary/aromatic N) is 1. The first-order valence-corrected chi connectivity index (χ1v) is 5.19. The molecule has 0 radical (unpaired) electrons. The van der Waals surface area contributed by atoms with Crippen molar-refractivity contribution in [2.45, 2.75) is 0 Å². The summed E-state index contributed by atoms with van der Waals surface area (Å²) in [5, 5.41) is 0. The van der Waals surface area contributed by atoms with Crippen LogP contribution in [-0.2, 0) is 0 Å². The van der Waals surface area contributed by atoms with Gasteiger partial charge in [0.1, 0.15) is 0 Å². The highest BCUT2D eigenvalue weighted by Crippen LogP contribution is 2.36. The van der Waals surface area contributed by atoms with Crippen molar-refractivity contribution in [3.05, 3.63) is 36.5 Å². The second kappa shape index (κ2) is 4.74. The Kier molecular flexibility index (Phi) is 3.14. The molecule has 1 aromatic heterocycles. The zero-order chi connectivity index (χ0) is 12.3. The van der Waals surface area contributed by atoms with Gasteiger partial charge in [0.2, 0.25) is 0 Å². The Morgan fingerprint density at radius 3 is 2.47 bits per heavy atom. The van der Waals surface area contributed by atoms with E-state index in [0.717, 1.165) is 11.3 Å². The average molecular weight is 230 g/mol. The van der Waals surface area contributed by atoms with E-state index in [4.69, 9.17) is 15.2 Å². The lowest BCUT2D eigenvalue weighted by Gasteiger charge is -2.11. The maximum absolute atomic E-state index is 5.61. The summed E-state index contributed by atoms with van der Waals surface area (Å²) < 4.78 is 10.6. The fourth-order valence-corrected chi connectivity index (χ4v) is 1.65. The van der Waals surface area contributed by atoms with Gasteiger partial charge in [0.05, 0.1) is 31.8 Å². The van der Waals surface area contributed by atoms with E-state index >= 15 is 0 Å². The Labute approximate surface area is 100 Å². The number of benzene rings is 1. The number of nitrogen functional groups attached to an aromatic ring is 1. The molecule has 0 saturated heterocycles. The van der Waals surface area contributed by atoms with Crippen LogP contribution >= 0.6 is 0 Å². The molecule has 0 aliphatic carbocycles. The molecule has 17 heavy (non-hydrogen) atoms. The van der Waals surface area contributed by atoms with Crippen LogP contribution in [-0.4, -0.2) is 19.2 Å². The molecule has 2 aromatic rings. The molecule has 0 unspecified atom stereocenters. The van der Waals surface area contributed by atoms with Crippen LogP contribution in [0.1, 0.15) is 0 Å². The highest BCUT2D eigenvalue weighted by molar-refractivity contribution is 5.71. The first-order valence-electron chi connectivity index (χ1n) is 5.19. The highest BCUT2D eigenvalue weighted by Gasteiger charge is 2.11. The quantitative estimate of drug-likeness (QED) is 0.879.